The van der Waals surface area contributed by atoms with Gasteiger partial charge in [-0.05, 0) is 42.8 Å². The van der Waals surface area contributed by atoms with Crippen LogP contribution in [0.3, 0.4) is 0 Å². The standard InChI is InChI=1S/C7H8ClN.C6H5ClFN/c1-5-2-3-6(9)4-7(5)8;7-5-3-4(8)1-2-6(5)9/h2-4H,9H2,1H3;1-3H,9H2. The molecule has 0 saturated carbocycles. The quantitative estimate of drug-likeness (QED) is 0.710. The number of aryl methyl sites for hydroxylation is 1. The summed E-state index contributed by atoms with van der Waals surface area (Å²) in [4.78, 5) is 0. The summed E-state index contributed by atoms with van der Waals surface area (Å²) in [7, 11) is 0. The lowest BCUT2D eigenvalue weighted by Crippen LogP contribution is -1.85. The first kappa shape index (κ1) is 14.6. The maximum absolute atomic E-state index is 12.2. The van der Waals surface area contributed by atoms with Crippen molar-refractivity contribution in [2.45, 2.75) is 6.92 Å². The first-order chi connectivity index (χ1) is 8.40. The van der Waals surface area contributed by atoms with Crippen LogP contribution in [0.25, 0.3) is 0 Å². The van der Waals surface area contributed by atoms with Crippen LogP contribution in [0.15, 0.2) is 36.4 Å². The summed E-state index contributed by atoms with van der Waals surface area (Å²) in [6.45, 7) is 1.95. The van der Waals surface area contributed by atoms with Crippen molar-refractivity contribution in [3.63, 3.8) is 0 Å². The Kier molecular flexibility index (Phi) is 5.25. The largest absolute Gasteiger partial charge is 0.399 e. The van der Waals surface area contributed by atoms with Gasteiger partial charge in [0.25, 0.3) is 0 Å². The Morgan fingerprint density at radius 2 is 1.61 bits per heavy atom. The minimum atomic E-state index is -0.366. The third-order valence-corrected chi connectivity index (χ3v) is 2.89. The Balaban J connectivity index is 0.000000180. The van der Waals surface area contributed by atoms with Crippen molar-refractivity contribution in [3.05, 3.63) is 57.8 Å². The number of hydrogen-bond acceptors (Lipinski definition) is 2. The molecule has 0 saturated heterocycles. The molecule has 0 spiro atoms. The van der Waals surface area contributed by atoms with Gasteiger partial charge in [-0.2, -0.15) is 0 Å². The summed E-state index contributed by atoms with van der Waals surface area (Å²) in [6, 6.07) is 9.35. The number of hydrogen-bond donors (Lipinski definition) is 2. The zero-order chi connectivity index (χ0) is 13.7. The molecule has 4 N–H and O–H groups in total. The highest BCUT2D eigenvalue weighted by atomic mass is 35.5. The topological polar surface area (TPSA) is 52.0 Å². The number of nitrogens with two attached hydrogens (primary N) is 2. The van der Waals surface area contributed by atoms with Gasteiger partial charge in [-0.15, -0.1) is 0 Å². The summed E-state index contributed by atoms with van der Waals surface area (Å²) in [6.07, 6.45) is 0. The fourth-order valence-electron chi connectivity index (χ4n) is 1.11. The second-order valence-corrected chi connectivity index (χ2v) is 4.49. The number of nitrogen functional groups attached to an aromatic ring is 2. The summed E-state index contributed by atoms with van der Waals surface area (Å²) in [5, 5.41) is 0.991. The Hall–Kier alpha value is -1.45. The van der Waals surface area contributed by atoms with Gasteiger partial charge in [-0.25, -0.2) is 4.39 Å². The molecule has 0 unspecified atom stereocenters. The fraction of sp³-hybridized carbons (Fsp3) is 0.0769. The van der Waals surface area contributed by atoms with Crippen molar-refractivity contribution in [2.75, 3.05) is 11.5 Å². The summed E-state index contributed by atoms with van der Waals surface area (Å²) in [5.74, 6) is -0.366. The summed E-state index contributed by atoms with van der Waals surface area (Å²) < 4.78 is 12.2. The van der Waals surface area contributed by atoms with Gasteiger partial charge < -0.3 is 11.5 Å². The molecule has 0 heterocycles. The van der Waals surface area contributed by atoms with E-state index in [0.29, 0.717) is 11.4 Å². The Morgan fingerprint density at radius 3 is 2.06 bits per heavy atom. The SMILES string of the molecule is Cc1ccc(N)cc1Cl.Nc1ccc(F)cc1Cl. The Bertz CT molecular complexity index is 495. The molecule has 2 rings (SSSR count). The van der Waals surface area contributed by atoms with E-state index in [1.807, 2.05) is 19.1 Å². The van der Waals surface area contributed by atoms with Gasteiger partial charge in [0.05, 0.1) is 10.7 Å². The third kappa shape index (κ3) is 4.43. The van der Waals surface area contributed by atoms with Crippen LogP contribution in [0.2, 0.25) is 10.0 Å². The zero-order valence-electron chi connectivity index (χ0n) is 9.75. The molecule has 0 aliphatic heterocycles. The molecule has 0 amide bonds. The molecule has 0 radical (unpaired) electrons. The average molecular weight is 287 g/mol. The molecule has 0 aliphatic rings. The van der Waals surface area contributed by atoms with Crippen LogP contribution in [-0.4, -0.2) is 0 Å². The van der Waals surface area contributed by atoms with Crippen molar-refractivity contribution >= 4 is 34.6 Å². The number of halogens is 3. The van der Waals surface area contributed by atoms with Crippen LogP contribution in [0.5, 0.6) is 0 Å². The zero-order valence-corrected chi connectivity index (χ0v) is 11.3. The maximum atomic E-state index is 12.2. The molecule has 0 aromatic heterocycles. The number of benzene rings is 2. The molecule has 0 aliphatic carbocycles. The average Bonchev–Trinajstić information content (AvgIpc) is 2.30. The van der Waals surface area contributed by atoms with E-state index in [-0.39, 0.29) is 10.8 Å². The van der Waals surface area contributed by atoms with Crippen LogP contribution < -0.4 is 11.5 Å². The van der Waals surface area contributed by atoms with Crippen LogP contribution in [-0.2, 0) is 0 Å². The second kappa shape index (κ2) is 6.47. The van der Waals surface area contributed by atoms with Gasteiger partial charge in [0.1, 0.15) is 5.82 Å². The van der Waals surface area contributed by atoms with Crippen LogP contribution in [0, 0.1) is 12.7 Å². The van der Waals surface area contributed by atoms with Gasteiger partial charge in [0.2, 0.25) is 0 Å². The van der Waals surface area contributed by atoms with E-state index in [1.54, 1.807) is 6.07 Å². The minimum Gasteiger partial charge on any atom is -0.399 e. The summed E-state index contributed by atoms with van der Waals surface area (Å²) in [5.41, 5.74) is 12.9. The normalized spacial score (nSPS) is 9.56. The second-order valence-electron chi connectivity index (χ2n) is 3.67. The summed E-state index contributed by atoms with van der Waals surface area (Å²) >= 11 is 11.2. The van der Waals surface area contributed by atoms with Gasteiger partial charge in [-0.1, -0.05) is 29.3 Å². The number of rotatable bonds is 0. The highest BCUT2D eigenvalue weighted by molar-refractivity contribution is 6.33. The third-order valence-electron chi connectivity index (χ3n) is 2.16. The van der Waals surface area contributed by atoms with Crippen LogP contribution in [0.4, 0.5) is 15.8 Å². The molecule has 5 heteroatoms. The van der Waals surface area contributed by atoms with E-state index in [9.17, 15) is 4.39 Å². The highest BCUT2D eigenvalue weighted by Crippen LogP contribution is 2.18. The van der Waals surface area contributed by atoms with E-state index in [2.05, 4.69) is 0 Å². The van der Waals surface area contributed by atoms with Crippen LogP contribution in [0.1, 0.15) is 5.56 Å². The smallest absolute Gasteiger partial charge is 0.124 e. The lowest BCUT2D eigenvalue weighted by Gasteiger charge is -1.96. The molecule has 0 bridgehead atoms. The van der Waals surface area contributed by atoms with Crippen molar-refractivity contribution in [3.8, 4) is 0 Å². The molecule has 18 heavy (non-hydrogen) atoms. The van der Waals surface area contributed by atoms with Crippen molar-refractivity contribution < 1.29 is 4.39 Å². The first-order valence-corrected chi connectivity index (χ1v) is 5.88. The van der Waals surface area contributed by atoms with Crippen molar-refractivity contribution in [1.82, 2.24) is 0 Å². The van der Waals surface area contributed by atoms with Gasteiger partial charge in [0, 0.05) is 10.7 Å². The van der Waals surface area contributed by atoms with Crippen molar-refractivity contribution in [1.29, 1.82) is 0 Å². The molecular weight excluding hydrogens is 274 g/mol. The first-order valence-electron chi connectivity index (χ1n) is 5.12. The molecule has 0 atom stereocenters. The fourth-order valence-corrected chi connectivity index (χ4v) is 1.47. The van der Waals surface area contributed by atoms with Crippen LogP contribution >= 0.6 is 23.2 Å². The monoisotopic (exact) mass is 286 g/mol. The maximum Gasteiger partial charge on any atom is 0.124 e. The molecule has 0 fully saturated rings. The molecular formula is C13H13Cl2FN2. The molecule has 2 aromatic carbocycles. The van der Waals surface area contributed by atoms with Crippen molar-refractivity contribution in [2.24, 2.45) is 0 Å². The molecule has 96 valence electrons. The van der Waals surface area contributed by atoms with E-state index in [4.69, 9.17) is 34.7 Å². The lowest BCUT2D eigenvalue weighted by molar-refractivity contribution is 0.628. The number of anilines is 2. The minimum absolute atomic E-state index is 0.259. The lowest BCUT2D eigenvalue weighted by atomic mass is 10.2. The highest BCUT2D eigenvalue weighted by Gasteiger charge is 1.94. The Morgan fingerprint density at radius 1 is 0.944 bits per heavy atom. The predicted octanol–water partition coefficient (Wildman–Crippen LogP) is 4.29. The van der Waals surface area contributed by atoms with Gasteiger partial charge in [-0.3, -0.25) is 0 Å². The predicted molar refractivity (Wildman–Crippen MR) is 76.4 cm³/mol. The van der Waals surface area contributed by atoms with E-state index < -0.39 is 0 Å². The van der Waals surface area contributed by atoms with E-state index in [0.717, 1.165) is 10.6 Å². The Labute approximate surface area is 115 Å². The van der Waals surface area contributed by atoms with E-state index >= 15 is 0 Å². The van der Waals surface area contributed by atoms with Gasteiger partial charge in [0.15, 0.2) is 0 Å². The molecule has 2 nitrogen and oxygen atoms in total. The van der Waals surface area contributed by atoms with E-state index in [1.165, 1.54) is 18.2 Å². The molecule has 2 aromatic rings. The van der Waals surface area contributed by atoms with Gasteiger partial charge >= 0.3 is 0 Å².